The van der Waals surface area contributed by atoms with Crippen molar-refractivity contribution in [3.8, 4) is 11.5 Å². The predicted octanol–water partition coefficient (Wildman–Crippen LogP) is 3.37. The molecule has 0 aliphatic carbocycles. The van der Waals surface area contributed by atoms with Crippen LogP contribution in [0.25, 0.3) is 0 Å². The van der Waals surface area contributed by atoms with Crippen LogP contribution in [0.5, 0.6) is 11.5 Å². The number of nitrogens with one attached hydrogen (secondary N) is 1. The normalized spacial score (nSPS) is 15.5. The third-order valence-electron chi connectivity index (χ3n) is 3.84. The molecule has 3 rings (SSSR count). The van der Waals surface area contributed by atoms with E-state index in [9.17, 15) is 9.59 Å². The van der Waals surface area contributed by atoms with Crippen molar-refractivity contribution >= 4 is 27.6 Å². The number of ether oxygens (including phenoxy) is 2. The van der Waals surface area contributed by atoms with Crippen molar-refractivity contribution in [3.05, 3.63) is 58.6 Å². The molecule has 0 aromatic heterocycles. The Labute approximate surface area is 154 Å². The van der Waals surface area contributed by atoms with Crippen molar-refractivity contribution in [2.45, 2.75) is 18.9 Å². The molecular formula is C19H18BrNO4. The maximum absolute atomic E-state index is 12.1. The van der Waals surface area contributed by atoms with E-state index in [1.807, 2.05) is 36.4 Å². The molecule has 130 valence electrons. The molecular weight excluding hydrogens is 386 g/mol. The first-order valence-corrected chi connectivity index (χ1v) is 8.85. The molecule has 0 saturated heterocycles. The maximum atomic E-state index is 12.1. The SMILES string of the molecule is O=C(CCC(=O)c1ccc(Br)cc1)NCC1COc2ccccc2O1. The quantitative estimate of drug-likeness (QED) is 0.750. The number of hydrogen-bond acceptors (Lipinski definition) is 4. The van der Waals surface area contributed by atoms with E-state index in [2.05, 4.69) is 21.2 Å². The molecule has 1 unspecified atom stereocenters. The first kappa shape index (κ1) is 17.5. The summed E-state index contributed by atoms with van der Waals surface area (Å²) in [5.74, 6) is 1.17. The summed E-state index contributed by atoms with van der Waals surface area (Å²) in [5.41, 5.74) is 0.608. The fraction of sp³-hybridized carbons (Fsp3) is 0.263. The standard InChI is InChI=1S/C19H18BrNO4/c20-14-7-5-13(6-8-14)16(22)9-10-19(23)21-11-15-12-24-17-3-1-2-4-18(17)25-15/h1-8,15H,9-12H2,(H,21,23). The number of rotatable bonds is 6. The van der Waals surface area contributed by atoms with E-state index in [0.29, 0.717) is 30.2 Å². The monoisotopic (exact) mass is 403 g/mol. The summed E-state index contributed by atoms with van der Waals surface area (Å²) in [7, 11) is 0. The number of carbonyl (C=O) groups is 2. The summed E-state index contributed by atoms with van der Waals surface area (Å²) in [6, 6.07) is 14.5. The molecule has 0 fully saturated rings. The smallest absolute Gasteiger partial charge is 0.220 e. The van der Waals surface area contributed by atoms with E-state index < -0.39 is 0 Å². The third-order valence-corrected chi connectivity index (χ3v) is 4.37. The number of ketones is 1. The van der Waals surface area contributed by atoms with E-state index in [1.54, 1.807) is 12.1 Å². The number of amides is 1. The van der Waals surface area contributed by atoms with Crippen molar-refractivity contribution in [2.75, 3.05) is 13.2 Å². The van der Waals surface area contributed by atoms with Gasteiger partial charge in [-0.2, -0.15) is 0 Å². The van der Waals surface area contributed by atoms with Crippen LogP contribution in [0.4, 0.5) is 0 Å². The number of para-hydroxylation sites is 2. The topological polar surface area (TPSA) is 64.6 Å². The van der Waals surface area contributed by atoms with E-state index in [4.69, 9.17) is 9.47 Å². The van der Waals surface area contributed by atoms with Gasteiger partial charge in [-0.25, -0.2) is 0 Å². The molecule has 0 radical (unpaired) electrons. The second-order valence-corrected chi connectivity index (χ2v) is 6.65. The van der Waals surface area contributed by atoms with Gasteiger partial charge in [0.05, 0.1) is 6.54 Å². The summed E-state index contributed by atoms with van der Waals surface area (Å²) in [5, 5.41) is 2.80. The number of hydrogen-bond donors (Lipinski definition) is 1. The highest BCUT2D eigenvalue weighted by atomic mass is 79.9. The van der Waals surface area contributed by atoms with Gasteiger partial charge in [-0.05, 0) is 24.3 Å². The zero-order valence-electron chi connectivity index (χ0n) is 13.5. The first-order chi connectivity index (χ1) is 12.1. The Morgan fingerprint density at radius 2 is 1.76 bits per heavy atom. The summed E-state index contributed by atoms with van der Waals surface area (Å²) in [4.78, 5) is 24.0. The lowest BCUT2D eigenvalue weighted by Crippen LogP contribution is -2.40. The second kappa shape index (κ2) is 8.16. The Morgan fingerprint density at radius 1 is 1.04 bits per heavy atom. The molecule has 1 amide bonds. The summed E-state index contributed by atoms with van der Waals surface area (Å²) >= 11 is 3.33. The van der Waals surface area contributed by atoms with Crippen LogP contribution in [0.1, 0.15) is 23.2 Å². The Bertz CT molecular complexity index is 760. The van der Waals surface area contributed by atoms with Crippen molar-refractivity contribution < 1.29 is 19.1 Å². The van der Waals surface area contributed by atoms with Crippen molar-refractivity contribution in [1.29, 1.82) is 0 Å². The molecule has 2 aromatic carbocycles. The molecule has 6 heteroatoms. The number of halogens is 1. The van der Waals surface area contributed by atoms with Gasteiger partial charge in [0.2, 0.25) is 5.91 Å². The molecule has 2 aromatic rings. The Hall–Kier alpha value is -2.34. The molecule has 25 heavy (non-hydrogen) atoms. The van der Waals surface area contributed by atoms with E-state index in [1.165, 1.54) is 0 Å². The summed E-state index contributed by atoms with van der Waals surface area (Å²) in [6.07, 6.45) is 0.0956. The fourth-order valence-electron chi connectivity index (χ4n) is 2.49. The Morgan fingerprint density at radius 3 is 2.52 bits per heavy atom. The van der Waals surface area contributed by atoms with E-state index in [-0.39, 0.29) is 30.6 Å². The Kier molecular flexibility index (Phi) is 5.71. The van der Waals surface area contributed by atoms with Crippen LogP contribution in [0.15, 0.2) is 53.0 Å². The largest absolute Gasteiger partial charge is 0.486 e. The van der Waals surface area contributed by atoms with Crippen LogP contribution < -0.4 is 14.8 Å². The van der Waals surface area contributed by atoms with Crippen molar-refractivity contribution in [3.63, 3.8) is 0 Å². The minimum atomic E-state index is -0.235. The lowest BCUT2D eigenvalue weighted by Gasteiger charge is -2.26. The van der Waals surface area contributed by atoms with Gasteiger partial charge in [-0.3, -0.25) is 9.59 Å². The van der Waals surface area contributed by atoms with Gasteiger partial charge < -0.3 is 14.8 Å². The van der Waals surface area contributed by atoms with E-state index in [0.717, 1.165) is 4.47 Å². The average Bonchev–Trinajstić information content (AvgIpc) is 2.65. The molecule has 1 atom stereocenters. The first-order valence-electron chi connectivity index (χ1n) is 8.06. The zero-order chi connectivity index (χ0) is 17.6. The number of carbonyl (C=O) groups excluding carboxylic acids is 2. The highest BCUT2D eigenvalue weighted by Gasteiger charge is 2.21. The molecule has 1 aliphatic rings. The molecule has 1 aliphatic heterocycles. The van der Waals surface area contributed by atoms with Gasteiger partial charge in [-0.15, -0.1) is 0 Å². The number of Topliss-reactive ketones (excluding diaryl/α,β-unsaturated/α-hetero) is 1. The maximum Gasteiger partial charge on any atom is 0.220 e. The molecule has 0 bridgehead atoms. The highest BCUT2D eigenvalue weighted by molar-refractivity contribution is 9.10. The molecule has 0 spiro atoms. The molecule has 0 saturated carbocycles. The minimum absolute atomic E-state index is 0.0474. The molecule has 1 heterocycles. The van der Waals surface area contributed by atoms with Crippen LogP contribution in [0, 0.1) is 0 Å². The zero-order valence-corrected chi connectivity index (χ0v) is 15.1. The van der Waals surface area contributed by atoms with Crippen LogP contribution in [-0.2, 0) is 4.79 Å². The fourth-order valence-corrected chi connectivity index (χ4v) is 2.75. The van der Waals surface area contributed by atoms with Gasteiger partial charge >= 0.3 is 0 Å². The lowest BCUT2D eigenvalue weighted by atomic mass is 10.1. The highest BCUT2D eigenvalue weighted by Crippen LogP contribution is 2.30. The van der Waals surface area contributed by atoms with Gasteiger partial charge in [0.15, 0.2) is 17.3 Å². The van der Waals surface area contributed by atoms with Gasteiger partial charge in [-0.1, -0.05) is 40.2 Å². The minimum Gasteiger partial charge on any atom is -0.486 e. The van der Waals surface area contributed by atoms with Gasteiger partial charge in [0, 0.05) is 22.9 Å². The Balaban J connectivity index is 1.41. The van der Waals surface area contributed by atoms with Gasteiger partial charge in [0.1, 0.15) is 12.7 Å². The third kappa shape index (κ3) is 4.82. The van der Waals surface area contributed by atoms with Crippen molar-refractivity contribution in [2.24, 2.45) is 0 Å². The number of fused-ring (bicyclic) bond motifs is 1. The second-order valence-electron chi connectivity index (χ2n) is 5.73. The molecule has 5 nitrogen and oxygen atoms in total. The van der Waals surface area contributed by atoms with Crippen LogP contribution in [0.2, 0.25) is 0 Å². The summed E-state index contributed by atoms with van der Waals surface area (Å²) in [6.45, 7) is 0.731. The predicted molar refractivity (Wildman–Crippen MR) is 97.1 cm³/mol. The average molecular weight is 404 g/mol. The molecule has 1 N–H and O–H groups in total. The van der Waals surface area contributed by atoms with Gasteiger partial charge in [0.25, 0.3) is 0 Å². The van der Waals surface area contributed by atoms with E-state index >= 15 is 0 Å². The van der Waals surface area contributed by atoms with Crippen LogP contribution in [-0.4, -0.2) is 30.9 Å². The number of benzene rings is 2. The summed E-state index contributed by atoms with van der Waals surface area (Å²) < 4.78 is 12.3. The lowest BCUT2D eigenvalue weighted by molar-refractivity contribution is -0.121. The van der Waals surface area contributed by atoms with Crippen LogP contribution in [0.3, 0.4) is 0 Å². The van der Waals surface area contributed by atoms with Crippen LogP contribution >= 0.6 is 15.9 Å². The van der Waals surface area contributed by atoms with Crippen molar-refractivity contribution in [1.82, 2.24) is 5.32 Å².